The van der Waals surface area contributed by atoms with E-state index in [9.17, 15) is 4.79 Å². The van der Waals surface area contributed by atoms with Crippen molar-refractivity contribution in [3.05, 3.63) is 12.2 Å². The van der Waals surface area contributed by atoms with Crippen LogP contribution in [0.4, 0.5) is 0 Å². The smallest absolute Gasteiger partial charge is 0.303 e. The van der Waals surface area contributed by atoms with Gasteiger partial charge in [0.15, 0.2) is 0 Å². The van der Waals surface area contributed by atoms with Crippen LogP contribution in [0.1, 0.15) is 27.2 Å². The molecule has 2 nitrogen and oxygen atoms in total. The zero-order chi connectivity index (χ0) is 7.98. The van der Waals surface area contributed by atoms with E-state index in [1.165, 1.54) is 6.92 Å². The lowest BCUT2D eigenvalue weighted by Gasteiger charge is -2.04. The fourth-order valence-electron chi connectivity index (χ4n) is 0.629. The third-order valence-corrected chi connectivity index (χ3v) is 0.995. The van der Waals surface area contributed by atoms with Crippen molar-refractivity contribution in [3.8, 4) is 0 Å². The molecule has 0 rings (SSSR count). The Bertz CT molecular complexity index is 127. The molecule has 0 heterocycles. The number of ether oxygens (including phenoxy) is 1. The highest BCUT2D eigenvalue weighted by atomic mass is 16.5. The van der Waals surface area contributed by atoms with Crippen molar-refractivity contribution in [1.29, 1.82) is 0 Å². The van der Waals surface area contributed by atoms with Gasteiger partial charge in [-0.15, -0.1) is 0 Å². The molecule has 0 saturated heterocycles. The van der Waals surface area contributed by atoms with E-state index in [-0.39, 0.29) is 12.1 Å². The van der Waals surface area contributed by atoms with Crippen molar-refractivity contribution in [3.63, 3.8) is 0 Å². The standard InChI is InChI=1S/C8H14O2/c1-4-5-6-7(2)10-8(3)9/h5-7H,4H2,1-3H3/b6-5-. The van der Waals surface area contributed by atoms with Gasteiger partial charge in [0.25, 0.3) is 0 Å². The Morgan fingerprint density at radius 3 is 2.70 bits per heavy atom. The molecule has 0 aliphatic rings. The molecule has 1 atom stereocenters. The van der Waals surface area contributed by atoms with Crippen LogP contribution in [0, 0.1) is 0 Å². The molecule has 10 heavy (non-hydrogen) atoms. The third kappa shape index (κ3) is 5.35. The minimum absolute atomic E-state index is 0.0857. The van der Waals surface area contributed by atoms with Gasteiger partial charge in [-0.1, -0.05) is 13.0 Å². The van der Waals surface area contributed by atoms with Gasteiger partial charge in [-0.3, -0.25) is 4.79 Å². The number of rotatable bonds is 3. The zero-order valence-corrected chi connectivity index (χ0v) is 6.76. The monoisotopic (exact) mass is 142 g/mol. The lowest BCUT2D eigenvalue weighted by Crippen LogP contribution is -2.08. The summed E-state index contributed by atoms with van der Waals surface area (Å²) in [7, 11) is 0. The summed E-state index contributed by atoms with van der Waals surface area (Å²) in [5.74, 6) is -0.228. The Labute approximate surface area is 61.9 Å². The lowest BCUT2D eigenvalue weighted by molar-refractivity contribution is -0.143. The van der Waals surface area contributed by atoms with Crippen LogP contribution < -0.4 is 0 Å². The summed E-state index contributed by atoms with van der Waals surface area (Å²) in [6, 6.07) is 0. The molecule has 2 heteroatoms. The summed E-state index contributed by atoms with van der Waals surface area (Å²) >= 11 is 0. The van der Waals surface area contributed by atoms with Crippen LogP contribution in [0.2, 0.25) is 0 Å². The SMILES string of the molecule is CC/C=C\C(C)OC(C)=O. The first-order valence-corrected chi connectivity index (χ1v) is 3.50. The highest BCUT2D eigenvalue weighted by molar-refractivity contribution is 5.66. The van der Waals surface area contributed by atoms with Crippen LogP contribution in [-0.4, -0.2) is 12.1 Å². The number of allylic oxidation sites excluding steroid dienone is 1. The largest absolute Gasteiger partial charge is 0.459 e. The molecule has 0 spiro atoms. The number of hydrogen-bond acceptors (Lipinski definition) is 2. The van der Waals surface area contributed by atoms with Crippen molar-refractivity contribution >= 4 is 5.97 Å². The van der Waals surface area contributed by atoms with E-state index in [0.29, 0.717) is 0 Å². The summed E-state index contributed by atoms with van der Waals surface area (Å²) in [6.07, 6.45) is 4.75. The summed E-state index contributed by atoms with van der Waals surface area (Å²) in [5, 5.41) is 0. The topological polar surface area (TPSA) is 26.3 Å². The third-order valence-electron chi connectivity index (χ3n) is 0.995. The van der Waals surface area contributed by atoms with Gasteiger partial charge in [-0.05, 0) is 19.4 Å². The maximum absolute atomic E-state index is 10.4. The van der Waals surface area contributed by atoms with Gasteiger partial charge in [0.2, 0.25) is 0 Å². The predicted molar refractivity (Wildman–Crippen MR) is 40.7 cm³/mol. The Morgan fingerprint density at radius 2 is 2.30 bits per heavy atom. The van der Waals surface area contributed by atoms with Crippen LogP contribution in [0.25, 0.3) is 0 Å². The molecule has 0 aromatic carbocycles. The van der Waals surface area contributed by atoms with Gasteiger partial charge in [0.05, 0.1) is 0 Å². The molecular formula is C8H14O2. The van der Waals surface area contributed by atoms with Gasteiger partial charge in [-0.2, -0.15) is 0 Å². The van der Waals surface area contributed by atoms with Gasteiger partial charge in [-0.25, -0.2) is 0 Å². The zero-order valence-electron chi connectivity index (χ0n) is 6.76. The van der Waals surface area contributed by atoms with Crippen molar-refractivity contribution in [2.24, 2.45) is 0 Å². The number of hydrogen-bond donors (Lipinski definition) is 0. The van der Waals surface area contributed by atoms with Gasteiger partial charge in [0.1, 0.15) is 6.10 Å². The number of carbonyl (C=O) groups is 1. The maximum Gasteiger partial charge on any atom is 0.303 e. The maximum atomic E-state index is 10.4. The molecule has 58 valence electrons. The molecule has 0 amide bonds. The summed E-state index contributed by atoms with van der Waals surface area (Å²) in [5.41, 5.74) is 0. The normalized spacial score (nSPS) is 13.5. The van der Waals surface area contributed by atoms with Crippen LogP contribution >= 0.6 is 0 Å². The van der Waals surface area contributed by atoms with E-state index < -0.39 is 0 Å². The first kappa shape index (κ1) is 9.21. The highest BCUT2D eigenvalue weighted by Crippen LogP contribution is 1.93. The summed E-state index contributed by atoms with van der Waals surface area (Å²) in [4.78, 5) is 10.4. The molecule has 0 N–H and O–H groups in total. The van der Waals surface area contributed by atoms with E-state index in [1.54, 1.807) is 0 Å². The second kappa shape index (κ2) is 5.03. The fraction of sp³-hybridized carbons (Fsp3) is 0.625. The fourth-order valence-corrected chi connectivity index (χ4v) is 0.629. The molecular weight excluding hydrogens is 128 g/mol. The first-order chi connectivity index (χ1) is 4.66. The van der Waals surface area contributed by atoms with E-state index >= 15 is 0 Å². The van der Waals surface area contributed by atoms with Crippen molar-refractivity contribution in [2.45, 2.75) is 33.3 Å². The second-order valence-corrected chi connectivity index (χ2v) is 2.15. The summed E-state index contributed by atoms with van der Waals surface area (Å²) < 4.78 is 4.83. The first-order valence-electron chi connectivity index (χ1n) is 3.50. The molecule has 0 aliphatic carbocycles. The lowest BCUT2D eigenvalue weighted by atomic mass is 10.3. The molecule has 0 aromatic heterocycles. The number of carbonyl (C=O) groups excluding carboxylic acids is 1. The van der Waals surface area contributed by atoms with E-state index in [4.69, 9.17) is 4.74 Å². The average molecular weight is 142 g/mol. The molecule has 0 bridgehead atoms. The van der Waals surface area contributed by atoms with E-state index in [0.717, 1.165) is 6.42 Å². The molecule has 0 radical (unpaired) electrons. The molecule has 0 aliphatic heterocycles. The Morgan fingerprint density at radius 1 is 1.70 bits per heavy atom. The second-order valence-electron chi connectivity index (χ2n) is 2.15. The van der Waals surface area contributed by atoms with E-state index in [1.807, 2.05) is 26.0 Å². The Kier molecular flexibility index (Phi) is 4.63. The van der Waals surface area contributed by atoms with Gasteiger partial charge < -0.3 is 4.74 Å². The minimum atomic E-state index is -0.228. The predicted octanol–water partition coefficient (Wildman–Crippen LogP) is 1.90. The van der Waals surface area contributed by atoms with Crippen LogP contribution in [0.3, 0.4) is 0 Å². The van der Waals surface area contributed by atoms with Crippen LogP contribution in [0.15, 0.2) is 12.2 Å². The quantitative estimate of drug-likeness (QED) is 0.444. The minimum Gasteiger partial charge on any atom is -0.459 e. The van der Waals surface area contributed by atoms with Crippen molar-refractivity contribution < 1.29 is 9.53 Å². The molecule has 0 aromatic rings. The highest BCUT2D eigenvalue weighted by Gasteiger charge is 1.97. The average Bonchev–Trinajstić information content (AvgIpc) is 1.82. The van der Waals surface area contributed by atoms with Crippen molar-refractivity contribution in [1.82, 2.24) is 0 Å². The van der Waals surface area contributed by atoms with Gasteiger partial charge >= 0.3 is 5.97 Å². The molecule has 0 fully saturated rings. The van der Waals surface area contributed by atoms with Crippen LogP contribution in [0.5, 0.6) is 0 Å². The van der Waals surface area contributed by atoms with Crippen LogP contribution in [-0.2, 0) is 9.53 Å². The van der Waals surface area contributed by atoms with Crippen molar-refractivity contribution in [2.75, 3.05) is 0 Å². The Hall–Kier alpha value is -0.790. The molecule has 1 unspecified atom stereocenters. The summed E-state index contributed by atoms with van der Waals surface area (Å²) in [6.45, 7) is 5.29. The number of esters is 1. The van der Waals surface area contributed by atoms with Gasteiger partial charge in [0, 0.05) is 6.92 Å². The molecule has 0 saturated carbocycles. The van der Waals surface area contributed by atoms with E-state index in [2.05, 4.69) is 0 Å². The Balaban J connectivity index is 3.52.